The van der Waals surface area contributed by atoms with E-state index in [1.807, 2.05) is 4.72 Å². The molecule has 0 aliphatic carbocycles. The van der Waals surface area contributed by atoms with E-state index >= 15 is 0 Å². The lowest BCUT2D eigenvalue weighted by Crippen LogP contribution is -2.49. The number of carbonyl (C=O) groups excluding carboxylic acids is 1. The van der Waals surface area contributed by atoms with E-state index in [-0.39, 0.29) is 16.8 Å². The van der Waals surface area contributed by atoms with Crippen LogP contribution in [0.15, 0.2) is 33.9 Å². The van der Waals surface area contributed by atoms with Gasteiger partial charge in [0.2, 0.25) is 0 Å². The number of amides is 1. The molecule has 0 radical (unpaired) electrons. The van der Waals surface area contributed by atoms with Crippen LogP contribution in [-0.4, -0.2) is 44.2 Å². The van der Waals surface area contributed by atoms with Crippen LogP contribution in [-0.2, 0) is 23.4 Å². The van der Waals surface area contributed by atoms with Crippen LogP contribution in [0.25, 0.3) is 15.8 Å². The van der Waals surface area contributed by atoms with Gasteiger partial charge in [-0.2, -0.15) is 30.3 Å². The fraction of sp³-hybridized carbons (Fsp3) is 0.400. The standard InChI is InChI=1S/C20H22F3N5O5S2/c1-10(2)28(11(3)4)35(32,33)25-18(30)17-13-8-12(6-7-14(13)34-24-17)27-16(29)9-15(20(21,22)23)26(5)19(27)31/h6-11H,1-5H3,(H,25,30). The van der Waals surface area contributed by atoms with Gasteiger partial charge in [-0.05, 0) is 57.4 Å². The van der Waals surface area contributed by atoms with Gasteiger partial charge in [0, 0.05) is 30.6 Å². The minimum absolute atomic E-state index is 0.111. The summed E-state index contributed by atoms with van der Waals surface area (Å²) in [4.78, 5) is 37.8. The highest BCUT2D eigenvalue weighted by Crippen LogP contribution is 2.28. The van der Waals surface area contributed by atoms with Gasteiger partial charge in [-0.1, -0.05) is 0 Å². The number of hydrogen-bond acceptors (Lipinski definition) is 7. The summed E-state index contributed by atoms with van der Waals surface area (Å²) in [6.45, 7) is 6.60. The summed E-state index contributed by atoms with van der Waals surface area (Å²) >= 11 is 0.872. The van der Waals surface area contributed by atoms with Crippen molar-refractivity contribution in [3.63, 3.8) is 0 Å². The number of hydrogen-bond donors (Lipinski definition) is 1. The Morgan fingerprint density at radius 2 is 1.71 bits per heavy atom. The molecule has 3 rings (SSSR count). The number of aromatic nitrogens is 3. The van der Waals surface area contributed by atoms with Gasteiger partial charge in [-0.3, -0.25) is 14.2 Å². The maximum atomic E-state index is 13.1. The molecule has 190 valence electrons. The van der Waals surface area contributed by atoms with E-state index in [0.29, 0.717) is 19.9 Å². The van der Waals surface area contributed by atoms with E-state index in [2.05, 4.69) is 4.37 Å². The number of nitrogens with one attached hydrogen (secondary N) is 1. The molecule has 1 N–H and O–H groups in total. The summed E-state index contributed by atoms with van der Waals surface area (Å²) in [5.74, 6) is -1.03. The summed E-state index contributed by atoms with van der Waals surface area (Å²) in [5.41, 5.74) is -4.27. The molecule has 3 aromatic rings. The van der Waals surface area contributed by atoms with E-state index in [1.54, 1.807) is 27.7 Å². The van der Waals surface area contributed by atoms with Crippen molar-refractivity contribution < 1.29 is 26.4 Å². The molecule has 15 heteroatoms. The third-order valence-corrected chi connectivity index (χ3v) is 7.72. The molecular weight excluding hydrogens is 511 g/mol. The first kappa shape index (κ1) is 26.6. The number of rotatable bonds is 6. The van der Waals surface area contributed by atoms with E-state index in [9.17, 15) is 36.0 Å². The molecule has 0 saturated carbocycles. The van der Waals surface area contributed by atoms with Gasteiger partial charge in [0.15, 0.2) is 5.69 Å². The van der Waals surface area contributed by atoms with Gasteiger partial charge in [0.25, 0.3) is 11.5 Å². The number of nitrogens with zero attached hydrogens (tertiary/aromatic N) is 4. The number of alkyl halides is 3. The van der Waals surface area contributed by atoms with Crippen molar-refractivity contribution in [2.24, 2.45) is 7.05 Å². The Hall–Kier alpha value is -3.04. The predicted molar refractivity (Wildman–Crippen MR) is 124 cm³/mol. The number of fused-ring (bicyclic) bond motifs is 1. The second kappa shape index (κ2) is 9.20. The van der Waals surface area contributed by atoms with Crippen LogP contribution >= 0.6 is 11.5 Å². The van der Waals surface area contributed by atoms with Gasteiger partial charge in [0.05, 0.1) is 10.4 Å². The van der Waals surface area contributed by atoms with E-state index in [0.717, 1.165) is 22.9 Å². The first-order valence-corrected chi connectivity index (χ1v) is 12.4. The average molecular weight is 534 g/mol. The zero-order valence-corrected chi connectivity index (χ0v) is 20.9. The Labute approximate surface area is 202 Å². The normalized spacial score (nSPS) is 12.8. The number of halogens is 3. The summed E-state index contributed by atoms with van der Waals surface area (Å²) in [6.07, 6.45) is -4.91. The monoisotopic (exact) mass is 533 g/mol. The zero-order chi connectivity index (χ0) is 26.5. The third-order valence-electron chi connectivity index (χ3n) is 5.05. The molecule has 0 aliphatic rings. The van der Waals surface area contributed by atoms with Crippen LogP contribution in [0.4, 0.5) is 13.2 Å². The second-order valence-corrected chi connectivity index (χ2v) is 10.6. The Morgan fingerprint density at radius 1 is 1.11 bits per heavy atom. The van der Waals surface area contributed by atoms with Gasteiger partial charge in [-0.25, -0.2) is 14.1 Å². The highest BCUT2D eigenvalue weighted by molar-refractivity contribution is 7.87. The van der Waals surface area contributed by atoms with Crippen molar-refractivity contribution >= 4 is 37.7 Å². The van der Waals surface area contributed by atoms with Crippen molar-refractivity contribution in [3.8, 4) is 5.69 Å². The lowest BCUT2D eigenvalue weighted by Gasteiger charge is -2.29. The first-order chi connectivity index (χ1) is 16.1. The number of benzene rings is 1. The summed E-state index contributed by atoms with van der Waals surface area (Å²) in [7, 11) is -3.35. The maximum Gasteiger partial charge on any atom is 0.431 e. The van der Waals surface area contributed by atoms with Crippen molar-refractivity contribution in [1.29, 1.82) is 0 Å². The maximum absolute atomic E-state index is 13.1. The Bertz CT molecular complexity index is 1510. The van der Waals surface area contributed by atoms with Crippen LogP contribution < -0.4 is 16.0 Å². The SMILES string of the molecule is CC(C)N(C(C)C)S(=O)(=O)NC(=O)c1nsc2ccc(-n3c(=O)cc(C(F)(F)F)n(C)c3=O)cc12. The largest absolute Gasteiger partial charge is 0.431 e. The second-order valence-electron chi connectivity index (χ2n) is 8.21. The highest BCUT2D eigenvalue weighted by Gasteiger charge is 2.35. The number of carbonyl (C=O) groups is 1. The van der Waals surface area contributed by atoms with Crippen LogP contribution in [0, 0.1) is 0 Å². The molecule has 0 bridgehead atoms. The molecule has 0 saturated heterocycles. The van der Waals surface area contributed by atoms with Crippen LogP contribution in [0.1, 0.15) is 43.9 Å². The molecule has 0 spiro atoms. The van der Waals surface area contributed by atoms with Crippen LogP contribution in [0.2, 0.25) is 0 Å². The van der Waals surface area contributed by atoms with Crippen molar-refractivity contribution in [2.75, 3.05) is 0 Å². The van der Waals surface area contributed by atoms with Gasteiger partial charge in [-0.15, -0.1) is 0 Å². The lowest BCUT2D eigenvalue weighted by molar-refractivity contribution is -0.144. The third kappa shape index (κ3) is 5.01. The predicted octanol–water partition coefficient (Wildman–Crippen LogP) is 2.26. The summed E-state index contributed by atoms with van der Waals surface area (Å²) < 4.78 is 73.3. The van der Waals surface area contributed by atoms with Crippen LogP contribution in [0.3, 0.4) is 0 Å². The Balaban J connectivity index is 2.10. The quantitative estimate of drug-likeness (QED) is 0.519. The fourth-order valence-electron chi connectivity index (χ4n) is 3.73. The molecule has 0 aliphatic heterocycles. The molecule has 1 amide bonds. The highest BCUT2D eigenvalue weighted by atomic mass is 32.2. The molecular formula is C20H22F3N5O5S2. The molecule has 10 nitrogen and oxygen atoms in total. The lowest BCUT2D eigenvalue weighted by atomic mass is 10.2. The molecule has 35 heavy (non-hydrogen) atoms. The topological polar surface area (TPSA) is 123 Å². The average Bonchev–Trinajstić information content (AvgIpc) is 3.12. The Kier molecular flexibility index (Phi) is 6.98. The zero-order valence-electron chi connectivity index (χ0n) is 19.2. The molecule has 0 unspecified atom stereocenters. The summed E-state index contributed by atoms with van der Waals surface area (Å²) in [6, 6.07) is 3.37. The molecule has 2 heterocycles. The fourth-order valence-corrected chi connectivity index (χ4v) is 6.03. The first-order valence-electron chi connectivity index (χ1n) is 10.2. The van der Waals surface area contributed by atoms with E-state index in [4.69, 9.17) is 0 Å². The van der Waals surface area contributed by atoms with Crippen LogP contribution in [0.5, 0.6) is 0 Å². The van der Waals surface area contributed by atoms with Crippen molar-refractivity contribution in [2.45, 2.75) is 46.0 Å². The smallest absolute Gasteiger partial charge is 0.292 e. The molecule has 1 aromatic carbocycles. The van der Waals surface area contributed by atoms with Gasteiger partial charge < -0.3 is 0 Å². The molecule has 0 atom stereocenters. The Morgan fingerprint density at radius 3 is 2.26 bits per heavy atom. The molecule has 2 aromatic heterocycles. The summed E-state index contributed by atoms with van der Waals surface area (Å²) in [5, 5.41) is 0.120. The molecule has 0 fully saturated rings. The van der Waals surface area contributed by atoms with E-state index in [1.165, 1.54) is 18.2 Å². The van der Waals surface area contributed by atoms with Gasteiger partial charge in [0.1, 0.15) is 5.69 Å². The van der Waals surface area contributed by atoms with Gasteiger partial charge >= 0.3 is 22.1 Å². The van der Waals surface area contributed by atoms with E-state index < -0.39 is 51.3 Å². The minimum atomic E-state index is -4.91. The van der Waals surface area contributed by atoms with Crippen molar-refractivity contribution in [1.82, 2.24) is 22.5 Å². The minimum Gasteiger partial charge on any atom is -0.292 e. The van der Waals surface area contributed by atoms with Crippen molar-refractivity contribution in [3.05, 3.63) is 56.5 Å².